The molecule has 2 aromatic carbocycles. The molecule has 0 fully saturated rings. The Kier molecular flexibility index (Phi) is 8.24. The van der Waals surface area contributed by atoms with Crippen LogP contribution in [0.3, 0.4) is 0 Å². The van der Waals surface area contributed by atoms with E-state index < -0.39 is 5.97 Å². The van der Waals surface area contributed by atoms with Gasteiger partial charge in [-0.05, 0) is 50.1 Å². The van der Waals surface area contributed by atoms with Crippen molar-refractivity contribution in [1.82, 2.24) is 14.7 Å². The van der Waals surface area contributed by atoms with Gasteiger partial charge in [0, 0.05) is 30.9 Å². The molecule has 0 saturated heterocycles. The number of carbonyl (C=O) groups excluding carboxylic acids is 2. The van der Waals surface area contributed by atoms with E-state index in [0.717, 1.165) is 33.8 Å². The van der Waals surface area contributed by atoms with E-state index in [9.17, 15) is 9.59 Å². The van der Waals surface area contributed by atoms with Crippen LogP contribution in [0.15, 0.2) is 54.6 Å². The van der Waals surface area contributed by atoms with Gasteiger partial charge in [0.2, 0.25) is 0 Å². The minimum atomic E-state index is -0.576. The molecule has 3 rings (SSSR count). The number of likely N-dealkylation sites (N-methyl/N-ethyl adjacent to an activating group) is 1. The lowest BCUT2D eigenvalue weighted by Gasteiger charge is -2.17. The zero-order valence-electron chi connectivity index (χ0n) is 20.4. The van der Waals surface area contributed by atoms with E-state index in [0.29, 0.717) is 13.1 Å². The Morgan fingerprint density at radius 2 is 1.79 bits per heavy atom. The number of ether oxygens (including phenoxy) is 2. The monoisotopic (exact) mass is 461 g/mol. The quantitative estimate of drug-likeness (QED) is 0.355. The zero-order valence-corrected chi connectivity index (χ0v) is 20.4. The van der Waals surface area contributed by atoms with Gasteiger partial charge < -0.3 is 14.4 Å². The third-order valence-electron chi connectivity index (χ3n) is 5.59. The molecule has 0 N–H and O–H groups in total. The Morgan fingerprint density at radius 1 is 1.06 bits per heavy atom. The van der Waals surface area contributed by atoms with Crippen LogP contribution in [0.4, 0.5) is 0 Å². The van der Waals surface area contributed by atoms with E-state index in [-0.39, 0.29) is 12.5 Å². The van der Waals surface area contributed by atoms with Gasteiger partial charge in [-0.2, -0.15) is 5.10 Å². The fourth-order valence-corrected chi connectivity index (χ4v) is 3.55. The standard InChI is InChI=1S/C27H31N3O4/c1-19-9-11-22(12-10-19)17-30-21(3)25(20(2)28-30)13-14-27(32)34-18-26(31)29(4)16-23-7-6-8-24(15-23)33-5/h6-15H,16-18H2,1-5H3/b14-13+. The molecule has 178 valence electrons. The van der Waals surface area contributed by atoms with Crippen molar-refractivity contribution in [3.05, 3.63) is 88.2 Å². The van der Waals surface area contributed by atoms with Crippen molar-refractivity contribution in [2.45, 2.75) is 33.9 Å². The molecular weight excluding hydrogens is 430 g/mol. The molecule has 0 bridgehead atoms. The van der Waals surface area contributed by atoms with Crippen molar-refractivity contribution < 1.29 is 19.1 Å². The minimum Gasteiger partial charge on any atom is -0.497 e. The van der Waals surface area contributed by atoms with Crippen LogP contribution >= 0.6 is 0 Å². The van der Waals surface area contributed by atoms with Crippen LogP contribution in [0.25, 0.3) is 6.08 Å². The Balaban J connectivity index is 1.54. The first-order valence-corrected chi connectivity index (χ1v) is 11.1. The van der Waals surface area contributed by atoms with Gasteiger partial charge in [-0.3, -0.25) is 9.48 Å². The summed E-state index contributed by atoms with van der Waals surface area (Å²) in [5, 5.41) is 4.60. The van der Waals surface area contributed by atoms with Crippen LogP contribution in [-0.2, 0) is 27.4 Å². The van der Waals surface area contributed by atoms with Crippen molar-refractivity contribution >= 4 is 18.0 Å². The maximum Gasteiger partial charge on any atom is 0.331 e. The fraction of sp³-hybridized carbons (Fsp3) is 0.296. The number of aryl methyl sites for hydroxylation is 2. The van der Waals surface area contributed by atoms with Crippen LogP contribution in [0.5, 0.6) is 5.75 Å². The summed E-state index contributed by atoms with van der Waals surface area (Å²) in [7, 11) is 3.26. The van der Waals surface area contributed by atoms with Gasteiger partial charge in [-0.1, -0.05) is 42.0 Å². The molecule has 0 unspecified atom stereocenters. The number of rotatable bonds is 9. The van der Waals surface area contributed by atoms with Gasteiger partial charge in [-0.15, -0.1) is 0 Å². The summed E-state index contributed by atoms with van der Waals surface area (Å²) in [5.74, 6) is -0.140. The lowest BCUT2D eigenvalue weighted by Crippen LogP contribution is -2.30. The van der Waals surface area contributed by atoms with E-state index in [4.69, 9.17) is 9.47 Å². The molecule has 0 atom stereocenters. The van der Waals surface area contributed by atoms with Crippen LogP contribution in [0.1, 0.15) is 33.6 Å². The molecule has 0 aliphatic rings. The van der Waals surface area contributed by atoms with Crippen molar-refractivity contribution in [2.75, 3.05) is 20.8 Å². The van der Waals surface area contributed by atoms with E-state index in [1.54, 1.807) is 20.2 Å². The summed E-state index contributed by atoms with van der Waals surface area (Å²) >= 11 is 0. The Hall–Kier alpha value is -3.87. The minimum absolute atomic E-state index is 0.289. The smallest absolute Gasteiger partial charge is 0.331 e. The molecule has 3 aromatic rings. The molecule has 1 amide bonds. The summed E-state index contributed by atoms with van der Waals surface area (Å²) in [6, 6.07) is 15.8. The third-order valence-corrected chi connectivity index (χ3v) is 5.59. The summed E-state index contributed by atoms with van der Waals surface area (Å²) < 4.78 is 12.3. The number of nitrogens with zero attached hydrogens (tertiary/aromatic N) is 3. The first-order chi connectivity index (χ1) is 16.3. The van der Waals surface area contributed by atoms with Gasteiger partial charge >= 0.3 is 5.97 Å². The number of amides is 1. The van der Waals surface area contributed by atoms with Crippen LogP contribution in [0, 0.1) is 20.8 Å². The van der Waals surface area contributed by atoms with E-state index in [1.807, 2.05) is 42.8 Å². The maximum absolute atomic E-state index is 12.4. The van der Waals surface area contributed by atoms with Crippen molar-refractivity contribution in [2.24, 2.45) is 0 Å². The average Bonchev–Trinajstić information content (AvgIpc) is 3.09. The largest absolute Gasteiger partial charge is 0.497 e. The van der Waals surface area contributed by atoms with Crippen LogP contribution < -0.4 is 4.74 Å². The highest BCUT2D eigenvalue weighted by atomic mass is 16.5. The number of methoxy groups -OCH3 is 1. The highest BCUT2D eigenvalue weighted by Gasteiger charge is 2.13. The molecule has 0 aliphatic carbocycles. The van der Waals surface area contributed by atoms with Gasteiger partial charge in [0.05, 0.1) is 19.3 Å². The third kappa shape index (κ3) is 6.57. The second-order valence-corrected chi connectivity index (χ2v) is 8.27. The predicted octanol–water partition coefficient (Wildman–Crippen LogP) is 4.08. The van der Waals surface area contributed by atoms with Gasteiger partial charge in [0.15, 0.2) is 6.61 Å². The Labute approximate surface area is 200 Å². The van der Waals surface area contributed by atoms with Gasteiger partial charge in [0.25, 0.3) is 5.91 Å². The normalized spacial score (nSPS) is 11.0. The number of benzene rings is 2. The Bertz CT molecular complexity index is 1180. The second kappa shape index (κ2) is 11.3. The van der Waals surface area contributed by atoms with E-state index >= 15 is 0 Å². The molecule has 1 aromatic heterocycles. The SMILES string of the molecule is COc1cccc(CN(C)C(=O)COC(=O)/C=C/c2c(C)nn(Cc3ccc(C)cc3)c2C)c1. The van der Waals surface area contributed by atoms with Crippen molar-refractivity contribution in [3.8, 4) is 5.75 Å². The predicted molar refractivity (Wildman–Crippen MR) is 131 cm³/mol. The van der Waals surface area contributed by atoms with Crippen LogP contribution in [-0.4, -0.2) is 47.3 Å². The highest BCUT2D eigenvalue weighted by molar-refractivity contribution is 5.89. The zero-order chi connectivity index (χ0) is 24.7. The molecule has 7 heteroatoms. The number of hydrogen-bond donors (Lipinski definition) is 0. The van der Waals surface area contributed by atoms with Gasteiger partial charge in [0.1, 0.15) is 5.75 Å². The average molecular weight is 462 g/mol. The summed E-state index contributed by atoms with van der Waals surface area (Å²) in [6.07, 6.45) is 3.03. The summed E-state index contributed by atoms with van der Waals surface area (Å²) in [4.78, 5) is 26.1. The van der Waals surface area contributed by atoms with E-state index in [1.165, 1.54) is 16.5 Å². The number of carbonyl (C=O) groups is 2. The Morgan fingerprint density at radius 3 is 2.50 bits per heavy atom. The molecular formula is C27H31N3O4. The highest BCUT2D eigenvalue weighted by Crippen LogP contribution is 2.17. The molecule has 0 saturated carbocycles. The first-order valence-electron chi connectivity index (χ1n) is 11.1. The molecule has 0 aliphatic heterocycles. The topological polar surface area (TPSA) is 73.7 Å². The maximum atomic E-state index is 12.4. The summed E-state index contributed by atoms with van der Waals surface area (Å²) in [5.41, 5.74) is 5.94. The fourth-order valence-electron chi connectivity index (χ4n) is 3.55. The molecule has 0 spiro atoms. The van der Waals surface area contributed by atoms with Crippen molar-refractivity contribution in [1.29, 1.82) is 0 Å². The summed E-state index contributed by atoms with van der Waals surface area (Å²) in [6.45, 7) is 6.65. The van der Waals surface area contributed by atoms with Crippen molar-refractivity contribution in [3.63, 3.8) is 0 Å². The van der Waals surface area contributed by atoms with Gasteiger partial charge in [-0.25, -0.2) is 4.79 Å². The lowest BCUT2D eigenvalue weighted by molar-refractivity contribution is -0.147. The number of hydrogen-bond acceptors (Lipinski definition) is 5. The molecule has 0 radical (unpaired) electrons. The lowest BCUT2D eigenvalue weighted by atomic mass is 10.1. The first kappa shape index (κ1) is 24.8. The number of esters is 1. The second-order valence-electron chi connectivity index (χ2n) is 8.27. The molecule has 1 heterocycles. The molecule has 7 nitrogen and oxygen atoms in total. The molecule has 34 heavy (non-hydrogen) atoms. The van der Waals surface area contributed by atoms with E-state index in [2.05, 4.69) is 36.3 Å². The number of aromatic nitrogens is 2. The van der Waals surface area contributed by atoms with Crippen LogP contribution in [0.2, 0.25) is 0 Å².